The van der Waals surface area contributed by atoms with Gasteiger partial charge < -0.3 is 20.4 Å². The zero-order valence-electron chi connectivity index (χ0n) is 26.9. The lowest BCUT2D eigenvalue weighted by Gasteiger charge is -2.42. The first-order chi connectivity index (χ1) is 22.5. The van der Waals surface area contributed by atoms with Gasteiger partial charge in [0.25, 0.3) is 0 Å². The van der Waals surface area contributed by atoms with Crippen molar-refractivity contribution in [2.45, 2.75) is 57.5 Å². The first-order valence-corrected chi connectivity index (χ1v) is 16.7. The minimum absolute atomic E-state index is 0.177. The molecular formula is C36H43ClF3N5O2. The SMILES string of the molecule is CCN(CC)CC(c1cccc(C(F)(F)F)c1)N1CCN(C(=O)[C@@H](Cc2ccc(Cl)cc2)NC(=O)[C@H]2Cc3ccccc3CN2)CC1. The number of likely N-dealkylation sites (N-methyl/N-ethyl adjacent to an activating group) is 1. The van der Waals surface area contributed by atoms with Gasteiger partial charge in [0.1, 0.15) is 6.04 Å². The average molecular weight is 670 g/mol. The van der Waals surface area contributed by atoms with Crippen molar-refractivity contribution in [3.8, 4) is 0 Å². The largest absolute Gasteiger partial charge is 0.416 e. The number of benzene rings is 3. The third-order valence-corrected chi connectivity index (χ3v) is 9.61. The van der Waals surface area contributed by atoms with Gasteiger partial charge in [0, 0.05) is 56.8 Å². The Balaban J connectivity index is 1.30. The summed E-state index contributed by atoms with van der Waals surface area (Å²) in [7, 11) is 0. The minimum atomic E-state index is -4.43. The number of hydrogen-bond donors (Lipinski definition) is 2. The van der Waals surface area contributed by atoms with Crippen LogP contribution in [0.1, 0.15) is 47.7 Å². The van der Waals surface area contributed by atoms with Gasteiger partial charge in [0.2, 0.25) is 11.8 Å². The molecule has 2 N–H and O–H groups in total. The van der Waals surface area contributed by atoms with Gasteiger partial charge in [0.05, 0.1) is 11.6 Å². The molecule has 0 aliphatic carbocycles. The third kappa shape index (κ3) is 8.93. The molecule has 0 aromatic heterocycles. The second-order valence-corrected chi connectivity index (χ2v) is 12.7. The summed E-state index contributed by atoms with van der Waals surface area (Å²) in [5.74, 6) is -0.405. The van der Waals surface area contributed by atoms with E-state index in [-0.39, 0.29) is 17.9 Å². The molecule has 2 aliphatic rings. The lowest BCUT2D eigenvalue weighted by Crippen LogP contribution is -2.58. The van der Waals surface area contributed by atoms with Gasteiger partial charge in [-0.05, 0) is 66.0 Å². The van der Waals surface area contributed by atoms with E-state index < -0.39 is 23.8 Å². The average Bonchev–Trinajstić information content (AvgIpc) is 3.08. The van der Waals surface area contributed by atoms with Crippen molar-refractivity contribution in [3.63, 3.8) is 0 Å². The summed E-state index contributed by atoms with van der Waals surface area (Å²) in [5, 5.41) is 6.94. The number of rotatable bonds is 11. The summed E-state index contributed by atoms with van der Waals surface area (Å²) in [6.45, 7) is 8.58. The Labute approximate surface area is 280 Å². The maximum Gasteiger partial charge on any atom is 0.416 e. The summed E-state index contributed by atoms with van der Waals surface area (Å²) >= 11 is 6.11. The molecule has 2 heterocycles. The summed E-state index contributed by atoms with van der Waals surface area (Å²) in [5.41, 5.74) is 3.10. The molecule has 5 rings (SSSR count). The highest BCUT2D eigenvalue weighted by molar-refractivity contribution is 6.30. The fraction of sp³-hybridized carbons (Fsp3) is 0.444. The normalized spacial score (nSPS) is 18.4. The fourth-order valence-corrected chi connectivity index (χ4v) is 6.65. The van der Waals surface area contributed by atoms with E-state index in [4.69, 9.17) is 11.6 Å². The van der Waals surface area contributed by atoms with E-state index in [2.05, 4.69) is 20.4 Å². The highest BCUT2D eigenvalue weighted by atomic mass is 35.5. The number of hydrogen-bond acceptors (Lipinski definition) is 5. The Morgan fingerprint density at radius 1 is 0.957 bits per heavy atom. The van der Waals surface area contributed by atoms with Gasteiger partial charge in [-0.15, -0.1) is 0 Å². The van der Waals surface area contributed by atoms with E-state index >= 15 is 0 Å². The molecule has 252 valence electrons. The lowest BCUT2D eigenvalue weighted by molar-refractivity contribution is -0.139. The molecule has 2 aliphatic heterocycles. The van der Waals surface area contributed by atoms with Crippen molar-refractivity contribution in [1.29, 1.82) is 0 Å². The molecule has 2 amide bonds. The van der Waals surface area contributed by atoms with Crippen LogP contribution in [0.25, 0.3) is 0 Å². The number of nitrogens with zero attached hydrogens (tertiary/aromatic N) is 3. The number of carbonyl (C=O) groups excluding carboxylic acids is 2. The van der Waals surface area contributed by atoms with Crippen LogP contribution >= 0.6 is 11.6 Å². The van der Waals surface area contributed by atoms with Gasteiger partial charge in [0.15, 0.2) is 0 Å². The number of halogens is 4. The van der Waals surface area contributed by atoms with Crippen LogP contribution in [0, 0.1) is 0 Å². The Kier molecular flexibility index (Phi) is 11.6. The van der Waals surface area contributed by atoms with Crippen LogP contribution in [0.15, 0.2) is 72.8 Å². The first kappa shape index (κ1) is 34.9. The molecule has 3 aromatic carbocycles. The monoisotopic (exact) mass is 669 g/mol. The van der Waals surface area contributed by atoms with Crippen molar-refractivity contribution in [1.82, 2.24) is 25.3 Å². The molecule has 7 nitrogen and oxygen atoms in total. The highest BCUT2D eigenvalue weighted by Gasteiger charge is 2.35. The molecule has 0 spiro atoms. The van der Waals surface area contributed by atoms with Crippen LogP contribution < -0.4 is 10.6 Å². The Morgan fingerprint density at radius 3 is 2.30 bits per heavy atom. The van der Waals surface area contributed by atoms with Gasteiger partial charge >= 0.3 is 6.18 Å². The highest BCUT2D eigenvalue weighted by Crippen LogP contribution is 2.33. The van der Waals surface area contributed by atoms with Crippen LogP contribution in [0.2, 0.25) is 5.02 Å². The summed E-state index contributed by atoms with van der Waals surface area (Å²) in [6.07, 6.45) is -3.59. The van der Waals surface area contributed by atoms with E-state index in [1.165, 1.54) is 12.1 Å². The number of amides is 2. The van der Waals surface area contributed by atoms with Crippen LogP contribution in [0.4, 0.5) is 13.2 Å². The summed E-state index contributed by atoms with van der Waals surface area (Å²) in [4.78, 5) is 33.8. The van der Waals surface area contributed by atoms with Crippen LogP contribution in [-0.4, -0.2) is 84.4 Å². The quantitative estimate of drug-likeness (QED) is 0.289. The summed E-state index contributed by atoms with van der Waals surface area (Å²) < 4.78 is 40.9. The topological polar surface area (TPSA) is 67.9 Å². The van der Waals surface area contributed by atoms with Crippen molar-refractivity contribution < 1.29 is 22.8 Å². The lowest BCUT2D eigenvalue weighted by atomic mass is 9.95. The molecule has 3 aromatic rings. The Hall–Kier alpha value is -3.44. The van der Waals surface area contributed by atoms with Gasteiger partial charge in [-0.3, -0.25) is 14.5 Å². The van der Waals surface area contributed by atoms with Crippen molar-refractivity contribution in [3.05, 3.63) is 106 Å². The van der Waals surface area contributed by atoms with Crippen molar-refractivity contribution in [2.75, 3.05) is 45.8 Å². The maximum atomic E-state index is 14.1. The number of piperazine rings is 1. The van der Waals surface area contributed by atoms with E-state index in [0.717, 1.165) is 35.8 Å². The molecule has 0 saturated carbocycles. The third-order valence-electron chi connectivity index (χ3n) is 9.36. The molecular weight excluding hydrogens is 627 g/mol. The van der Waals surface area contributed by atoms with Crippen molar-refractivity contribution >= 4 is 23.4 Å². The van der Waals surface area contributed by atoms with Crippen molar-refractivity contribution in [2.24, 2.45) is 0 Å². The number of fused-ring (bicyclic) bond motifs is 1. The van der Waals surface area contributed by atoms with Crippen LogP contribution in [0.3, 0.4) is 0 Å². The molecule has 1 unspecified atom stereocenters. The number of carbonyl (C=O) groups is 2. The van der Waals surface area contributed by atoms with E-state index in [1.54, 1.807) is 23.1 Å². The zero-order valence-corrected chi connectivity index (χ0v) is 27.7. The maximum absolute atomic E-state index is 14.1. The predicted molar refractivity (Wildman–Crippen MR) is 178 cm³/mol. The molecule has 0 radical (unpaired) electrons. The minimum Gasteiger partial charge on any atom is -0.343 e. The Bertz CT molecular complexity index is 1510. The second-order valence-electron chi connectivity index (χ2n) is 12.3. The Morgan fingerprint density at radius 2 is 1.64 bits per heavy atom. The van der Waals surface area contributed by atoms with E-state index in [1.807, 2.05) is 50.2 Å². The molecule has 47 heavy (non-hydrogen) atoms. The standard InChI is InChI=1S/C36H43ClF3N5O2/c1-3-43(4-2)24-33(27-10-7-11-29(21-27)36(38,39)40)44-16-18-45(19-17-44)35(47)32(20-25-12-14-30(37)15-13-25)42-34(46)31-22-26-8-5-6-9-28(26)23-41-31/h5-15,21,31-33,41H,3-4,16-20,22-24H2,1-2H3,(H,42,46)/t31-,32-,33?/m1/s1. The molecule has 1 fully saturated rings. The van der Waals surface area contributed by atoms with Gasteiger partial charge in [-0.25, -0.2) is 0 Å². The van der Waals surface area contributed by atoms with Crippen LogP contribution in [0.5, 0.6) is 0 Å². The molecule has 3 atom stereocenters. The predicted octanol–water partition coefficient (Wildman–Crippen LogP) is 5.33. The number of alkyl halides is 3. The second kappa shape index (κ2) is 15.6. The van der Waals surface area contributed by atoms with E-state index in [9.17, 15) is 22.8 Å². The fourth-order valence-electron chi connectivity index (χ4n) is 6.52. The summed E-state index contributed by atoms with van der Waals surface area (Å²) in [6, 6.07) is 19.3. The van der Waals surface area contributed by atoms with Gasteiger partial charge in [-0.1, -0.05) is 74.0 Å². The molecule has 1 saturated heterocycles. The smallest absolute Gasteiger partial charge is 0.343 e. The number of nitrogens with one attached hydrogen (secondary N) is 2. The van der Waals surface area contributed by atoms with E-state index in [0.29, 0.717) is 62.7 Å². The van der Waals surface area contributed by atoms with Gasteiger partial charge in [-0.2, -0.15) is 13.2 Å². The zero-order chi connectivity index (χ0) is 33.6. The molecule has 11 heteroatoms. The molecule has 0 bridgehead atoms. The first-order valence-electron chi connectivity index (χ1n) is 16.3. The van der Waals surface area contributed by atoms with Crippen LogP contribution in [-0.2, 0) is 35.2 Å².